The quantitative estimate of drug-likeness (QED) is 0.123. The summed E-state index contributed by atoms with van der Waals surface area (Å²) in [5.41, 5.74) is 11.1. The largest absolute Gasteiger partial charge is 0.486 e. The molecule has 4 heterocycles. The van der Waals surface area contributed by atoms with Crippen LogP contribution in [0.5, 0.6) is 0 Å². The molecule has 4 nitrogen and oxygen atoms in total. The molecule has 0 amide bonds. The second-order valence-corrected chi connectivity index (χ2v) is 29.3. The Balaban J connectivity index is 0.000000204. The van der Waals surface area contributed by atoms with Gasteiger partial charge in [0.15, 0.2) is 0 Å². The Bertz CT molecular complexity index is 2190. The average molecular weight is 959 g/mol. The summed E-state index contributed by atoms with van der Waals surface area (Å²) >= 11 is -1.94. The number of hydrogen-bond donors (Lipinski definition) is 0. The van der Waals surface area contributed by atoms with Crippen LogP contribution in [0, 0.1) is 17.5 Å². The van der Waals surface area contributed by atoms with Gasteiger partial charge in [-0.05, 0) is 40.8 Å². The van der Waals surface area contributed by atoms with Gasteiger partial charge in [0.1, 0.15) is 0 Å². The number of benzene rings is 2. The van der Waals surface area contributed by atoms with E-state index in [1.165, 1.54) is 54.4 Å². The van der Waals surface area contributed by atoms with Crippen LogP contribution in [-0.4, -0.2) is 28.2 Å². The van der Waals surface area contributed by atoms with Crippen molar-refractivity contribution in [3.63, 3.8) is 0 Å². The Hall–Kier alpha value is -3.12. The second-order valence-electron chi connectivity index (χ2n) is 18.7. The zero-order valence-electron chi connectivity index (χ0n) is 34.4. The van der Waals surface area contributed by atoms with E-state index in [0.717, 1.165) is 51.3 Å². The fourth-order valence-corrected chi connectivity index (χ4v) is 10.8. The molecule has 4 aromatic heterocycles. The number of nitrogens with zero attached hydrogens (tertiary/aromatic N) is 3. The van der Waals surface area contributed by atoms with Crippen molar-refractivity contribution < 1.29 is 24.5 Å². The SMILES string of the molecule is CC(C)(C)Cc1cc(-c2[c-]ccc(C3CCCCC3)c2)nc[c]1[Ge]([CH3])([CH3])[CH3].CC(C)c1ccc2c(n1)oc1c(-c3cc(C(C)(C)C)ccn3)[c-]ccc12.[Ir]. The Morgan fingerprint density at radius 2 is 1.54 bits per heavy atom. The number of fused-ring (bicyclic) bond motifs is 3. The third kappa shape index (κ3) is 10.00. The van der Waals surface area contributed by atoms with Crippen molar-refractivity contribution in [3.05, 3.63) is 108 Å². The minimum Gasteiger partial charge on any atom is -0.486 e. The van der Waals surface area contributed by atoms with Gasteiger partial charge in [-0.25, -0.2) is 4.98 Å². The number of furan rings is 1. The smallest absolute Gasteiger partial charge is 0.216 e. The standard InChI is InChI=1S/C25H36GeN.C23H23N2O.Ir/c1-25(2,3)17-22-16-24(27-18-23(22)26(4,5)6)21-14-10-13-20(15-21)19-11-8-7-9-12-19;1-14(2)19-10-9-17-16-7-6-8-18(21(16)26-22(17)25-19)20-13-15(11-12-24-20)23(3,4)5;/h10,13,15-16,18-19H,7-9,11-12,17H2,1-6H3;6-7,9-14H,1-5H3;/q2*-1;. The summed E-state index contributed by atoms with van der Waals surface area (Å²) in [4.78, 5) is 14.2. The van der Waals surface area contributed by atoms with Gasteiger partial charge in [0.05, 0.1) is 5.58 Å². The van der Waals surface area contributed by atoms with Crippen molar-refractivity contribution in [1.29, 1.82) is 0 Å². The van der Waals surface area contributed by atoms with Gasteiger partial charge in [-0.1, -0.05) is 51.6 Å². The number of rotatable bonds is 6. The maximum atomic E-state index is 6.17. The van der Waals surface area contributed by atoms with Crippen LogP contribution in [0.4, 0.5) is 0 Å². The zero-order valence-corrected chi connectivity index (χ0v) is 38.9. The molecule has 7 rings (SSSR count). The molecule has 0 N–H and O–H groups in total. The molecule has 0 bridgehead atoms. The minimum atomic E-state index is -1.94. The average Bonchev–Trinajstić information content (AvgIpc) is 3.49. The third-order valence-corrected chi connectivity index (χ3v) is 14.8. The van der Waals surface area contributed by atoms with Crippen LogP contribution in [0.25, 0.3) is 44.6 Å². The molecule has 0 unspecified atom stereocenters. The predicted molar refractivity (Wildman–Crippen MR) is 227 cm³/mol. The van der Waals surface area contributed by atoms with Crippen molar-refractivity contribution in [2.24, 2.45) is 5.41 Å². The molecule has 0 saturated heterocycles. The monoisotopic (exact) mass is 960 g/mol. The molecule has 0 aliphatic heterocycles. The van der Waals surface area contributed by atoms with E-state index < -0.39 is 13.3 Å². The molecule has 1 aliphatic carbocycles. The molecule has 1 saturated carbocycles. The molecule has 1 fully saturated rings. The van der Waals surface area contributed by atoms with Crippen molar-refractivity contribution in [2.45, 2.75) is 128 Å². The van der Waals surface area contributed by atoms with Gasteiger partial charge >= 0.3 is 169 Å². The van der Waals surface area contributed by atoms with Gasteiger partial charge in [0, 0.05) is 37.4 Å². The summed E-state index contributed by atoms with van der Waals surface area (Å²) in [6.07, 6.45) is 12.0. The molecule has 287 valence electrons. The number of pyridine rings is 3. The van der Waals surface area contributed by atoms with Gasteiger partial charge in [-0.3, -0.25) is 0 Å². The summed E-state index contributed by atoms with van der Waals surface area (Å²) in [6.45, 7) is 17.9. The first-order valence-corrected chi connectivity index (χ1v) is 27.0. The molecular formula is C48H59GeIrN3O-2. The Morgan fingerprint density at radius 3 is 2.20 bits per heavy atom. The number of hydrogen-bond acceptors (Lipinski definition) is 4. The fourth-order valence-electron chi connectivity index (χ4n) is 7.54. The maximum absolute atomic E-state index is 6.17. The van der Waals surface area contributed by atoms with Crippen molar-refractivity contribution in [1.82, 2.24) is 15.0 Å². The van der Waals surface area contributed by atoms with E-state index >= 15 is 0 Å². The van der Waals surface area contributed by atoms with E-state index in [1.54, 1.807) is 4.40 Å². The number of aromatic nitrogens is 3. The van der Waals surface area contributed by atoms with Crippen LogP contribution in [0.2, 0.25) is 17.3 Å². The molecule has 1 radical (unpaired) electrons. The van der Waals surface area contributed by atoms with Gasteiger partial charge in [-0.2, -0.15) is 0 Å². The first kappa shape index (κ1) is 42.0. The molecule has 1 aliphatic rings. The minimum absolute atomic E-state index is 0. The predicted octanol–water partition coefficient (Wildman–Crippen LogP) is 13.0. The van der Waals surface area contributed by atoms with Crippen LogP contribution in [0.15, 0.2) is 77.5 Å². The zero-order chi connectivity index (χ0) is 38.1. The van der Waals surface area contributed by atoms with E-state index in [1.807, 2.05) is 18.3 Å². The molecule has 2 aromatic carbocycles. The molecular weight excluding hydrogens is 899 g/mol. The van der Waals surface area contributed by atoms with Crippen LogP contribution in [0.1, 0.15) is 122 Å². The van der Waals surface area contributed by atoms with Crippen LogP contribution >= 0.6 is 0 Å². The van der Waals surface area contributed by atoms with E-state index in [4.69, 9.17) is 14.4 Å². The van der Waals surface area contributed by atoms with Gasteiger partial charge < -0.3 is 9.40 Å². The second kappa shape index (κ2) is 16.9. The molecule has 0 spiro atoms. The van der Waals surface area contributed by atoms with Crippen LogP contribution < -0.4 is 4.40 Å². The Morgan fingerprint density at radius 1 is 0.815 bits per heavy atom. The summed E-state index contributed by atoms with van der Waals surface area (Å²) in [6, 6.07) is 28.3. The molecule has 54 heavy (non-hydrogen) atoms. The topological polar surface area (TPSA) is 51.8 Å². The van der Waals surface area contributed by atoms with Crippen molar-refractivity contribution in [3.8, 4) is 22.5 Å². The van der Waals surface area contributed by atoms with Gasteiger partial charge in [-0.15, -0.1) is 18.2 Å². The van der Waals surface area contributed by atoms with E-state index in [9.17, 15) is 0 Å². The summed E-state index contributed by atoms with van der Waals surface area (Å²) in [5.74, 6) is 8.50. The van der Waals surface area contributed by atoms with Crippen molar-refractivity contribution >= 4 is 39.7 Å². The van der Waals surface area contributed by atoms with E-state index in [2.05, 4.69) is 145 Å². The van der Waals surface area contributed by atoms with Gasteiger partial charge in [0.25, 0.3) is 0 Å². The normalized spacial score (nSPS) is 14.2. The first-order chi connectivity index (χ1) is 25.0. The fraction of sp³-hybridized carbons (Fsp3) is 0.438. The van der Waals surface area contributed by atoms with Crippen LogP contribution in [0.3, 0.4) is 0 Å². The third-order valence-electron chi connectivity index (χ3n) is 10.5. The van der Waals surface area contributed by atoms with Crippen LogP contribution in [-0.2, 0) is 31.9 Å². The summed E-state index contributed by atoms with van der Waals surface area (Å²) in [5, 5.41) is 2.09. The molecule has 0 atom stereocenters. The first-order valence-electron chi connectivity index (χ1n) is 19.7. The molecule has 6 aromatic rings. The Labute approximate surface area is 341 Å². The van der Waals surface area contributed by atoms with Crippen molar-refractivity contribution in [2.75, 3.05) is 0 Å². The van der Waals surface area contributed by atoms with E-state index in [0.29, 0.717) is 11.6 Å². The maximum Gasteiger partial charge on any atom is 0.216 e. The van der Waals surface area contributed by atoms with E-state index in [-0.39, 0.29) is 30.9 Å². The summed E-state index contributed by atoms with van der Waals surface area (Å²) < 4.78 is 7.72. The molecule has 6 heteroatoms. The Kier molecular flexibility index (Phi) is 13.2. The summed E-state index contributed by atoms with van der Waals surface area (Å²) in [7, 11) is 0. The van der Waals surface area contributed by atoms with Gasteiger partial charge in [0.2, 0.25) is 5.71 Å².